The fraction of sp³-hybridized carbons (Fsp3) is 0.125. The summed E-state index contributed by atoms with van der Waals surface area (Å²) >= 11 is 11.5. The molecule has 0 saturated heterocycles. The van der Waals surface area contributed by atoms with Crippen LogP contribution in [0.1, 0.15) is 11.6 Å². The molecule has 0 aromatic carbocycles. The Labute approximate surface area is 81.0 Å². The molecule has 4 heteroatoms. The molecule has 2 N–H and O–H groups in total. The molecule has 1 atom stereocenters. The molecule has 0 radical (unpaired) electrons. The van der Waals surface area contributed by atoms with Crippen molar-refractivity contribution in [1.82, 2.24) is 4.98 Å². The highest BCUT2D eigenvalue weighted by Gasteiger charge is 2.07. The van der Waals surface area contributed by atoms with Crippen LogP contribution in [0.3, 0.4) is 0 Å². The van der Waals surface area contributed by atoms with Gasteiger partial charge in [0.1, 0.15) is 5.15 Å². The van der Waals surface area contributed by atoms with E-state index in [-0.39, 0.29) is 6.04 Å². The Kier molecular flexibility index (Phi) is 3.09. The number of nitrogens with zero attached hydrogens (tertiary/aromatic N) is 1. The second-order valence-electron chi connectivity index (χ2n) is 2.29. The minimum Gasteiger partial charge on any atom is -0.321 e. The van der Waals surface area contributed by atoms with E-state index in [0.717, 1.165) is 5.56 Å². The molecule has 1 aromatic rings. The van der Waals surface area contributed by atoms with Crippen molar-refractivity contribution in [2.45, 2.75) is 6.04 Å². The average molecular weight is 203 g/mol. The highest BCUT2D eigenvalue weighted by Crippen LogP contribution is 2.23. The van der Waals surface area contributed by atoms with Crippen LogP contribution in [0.5, 0.6) is 0 Å². The third kappa shape index (κ3) is 1.97. The highest BCUT2D eigenvalue weighted by atomic mass is 35.5. The first-order valence-electron chi connectivity index (χ1n) is 3.34. The molecular weight excluding hydrogens is 195 g/mol. The molecule has 0 spiro atoms. The Hall–Kier alpha value is -0.570. The van der Waals surface area contributed by atoms with E-state index in [1.54, 1.807) is 18.3 Å². The monoisotopic (exact) mass is 202 g/mol. The van der Waals surface area contributed by atoms with Gasteiger partial charge >= 0.3 is 0 Å². The lowest BCUT2D eigenvalue weighted by atomic mass is 10.1. The van der Waals surface area contributed by atoms with Crippen LogP contribution in [-0.2, 0) is 0 Å². The molecule has 1 aromatic heterocycles. The van der Waals surface area contributed by atoms with Crippen molar-refractivity contribution in [2.75, 3.05) is 0 Å². The van der Waals surface area contributed by atoms with Gasteiger partial charge in [-0.3, -0.25) is 0 Å². The van der Waals surface area contributed by atoms with E-state index in [1.165, 1.54) is 0 Å². The molecule has 1 rings (SSSR count). The quantitative estimate of drug-likeness (QED) is 0.592. The predicted octanol–water partition coefficient (Wildman–Crippen LogP) is 2.57. The van der Waals surface area contributed by atoms with Crippen LogP contribution in [0.15, 0.2) is 24.9 Å². The lowest BCUT2D eigenvalue weighted by molar-refractivity contribution is 0.904. The topological polar surface area (TPSA) is 38.9 Å². The Bertz CT molecular complexity index is 299. The van der Waals surface area contributed by atoms with Gasteiger partial charge in [-0.2, -0.15) is 0 Å². The third-order valence-electron chi connectivity index (χ3n) is 1.46. The molecule has 0 aliphatic rings. The standard InChI is InChI=1S/C8H8Cl2N2/c1-2-7(11)5-4-12-8(10)3-6(5)9/h2-4,7H,1,11H2. The molecule has 0 bridgehead atoms. The molecule has 0 fully saturated rings. The molecule has 0 saturated carbocycles. The van der Waals surface area contributed by atoms with Gasteiger partial charge in [-0.25, -0.2) is 4.98 Å². The fourth-order valence-corrected chi connectivity index (χ4v) is 1.28. The van der Waals surface area contributed by atoms with Crippen molar-refractivity contribution >= 4 is 23.2 Å². The number of pyridine rings is 1. The van der Waals surface area contributed by atoms with E-state index in [2.05, 4.69) is 11.6 Å². The fourth-order valence-electron chi connectivity index (χ4n) is 0.790. The zero-order chi connectivity index (χ0) is 9.14. The highest BCUT2D eigenvalue weighted by molar-refractivity contribution is 6.34. The lowest BCUT2D eigenvalue weighted by Crippen LogP contribution is -2.07. The van der Waals surface area contributed by atoms with Crippen molar-refractivity contribution in [3.8, 4) is 0 Å². The Balaban J connectivity index is 3.09. The molecule has 1 unspecified atom stereocenters. The molecule has 0 aliphatic heterocycles. The Morgan fingerprint density at radius 1 is 1.58 bits per heavy atom. The summed E-state index contributed by atoms with van der Waals surface area (Å²) in [4.78, 5) is 3.86. The first kappa shape index (κ1) is 9.52. The van der Waals surface area contributed by atoms with Gasteiger partial charge in [-0.05, 0) is 6.07 Å². The van der Waals surface area contributed by atoms with E-state index in [1.807, 2.05) is 0 Å². The van der Waals surface area contributed by atoms with Gasteiger partial charge in [0, 0.05) is 11.8 Å². The van der Waals surface area contributed by atoms with E-state index in [0.29, 0.717) is 10.2 Å². The van der Waals surface area contributed by atoms with Gasteiger partial charge < -0.3 is 5.73 Å². The zero-order valence-corrected chi connectivity index (χ0v) is 7.81. The normalized spacial score (nSPS) is 12.6. The third-order valence-corrected chi connectivity index (χ3v) is 2.00. The van der Waals surface area contributed by atoms with Gasteiger partial charge in [-0.1, -0.05) is 29.3 Å². The van der Waals surface area contributed by atoms with Crippen LogP contribution < -0.4 is 5.73 Å². The number of aromatic nitrogens is 1. The van der Waals surface area contributed by atoms with Crippen molar-refractivity contribution in [3.63, 3.8) is 0 Å². The maximum absolute atomic E-state index is 5.85. The van der Waals surface area contributed by atoms with Crippen LogP contribution in [0.4, 0.5) is 0 Å². The number of nitrogens with two attached hydrogens (primary N) is 1. The van der Waals surface area contributed by atoms with Gasteiger partial charge in [0.05, 0.1) is 11.1 Å². The van der Waals surface area contributed by atoms with Crippen LogP contribution in [0.2, 0.25) is 10.2 Å². The summed E-state index contributed by atoms with van der Waals surface area (Å²) in [5, 5.41) is 0.877. The van der Waals surface area contributed by atoms with Crippen molar-refractivity contribution < 1.29 is 0 Å². The number of halogens is 2. The zero-order valence-electron chi connectivity index (χ0n) is 6.30. The van der Waals surface area contributed by atoms with Gasteiger partial charge in [0.2, 0.25) is 0 Å². The molecule has 64 valence electrons. The first-order valence-corrected chi connectivity index (χ1v) is 4.10. The summed E-state index contributed by atoms with van der Waals surface area (Å²) in [5.41, 5.74) is 6.39. The predicted molar refractivity (Wildman–Crippen MR) is 51.4 cm³/mol. The minimum atomic E-state index is -0.290. The van der Waals surface area contributed by atoms with E-state index in [9.17, 15) is 0 Å². The van der Waals surface area contributed by atoms with Crippen molar-refractivity contribution in [3.05, 3.63) is 40.7 Å². The molecule has 1 heterocycles. The molecular formula is C8H8Cl2N2. The average Bonchev–Trinajstić information content (AvgIpc) is 2.03. The Morgan fingerprint density at radius 3 is 2.75 bits per heavy atom. The second-order valence-corrected chi connectivity index (χ2v) is 3.08. The number of hydrogen-bond donors (Lipinski definition) is 1. The summed E-state index contributed by atoms with van der Waals surface area (Å²) in [6.45, 7) is 3.56. The summed E-state index contributed by atoms with van der Waals surface area (Å²) < 4.78 is 0. The molecule has 12 heavy (non-hydrogen) atoms. The maximum atomic E-state index is 5.85. The van der Waals surface area contributed by atoms with Gasteiger partial charge in [0.25, 0.3) is 0 Å². The largest absolute Gasteiger partial charge is 0.321 e. The van der Waals surface area contributed by atoms with Crippen LogP contribution in [-0.4, -0.2) is 4.98 Å². The van der Waals surface area contributed by atoms with Crippen LogP contribution in [0.25, 0.3) is 0 Å². The molecule has 0 amide bonds. The van der Waals surface area contributed by atoms with E-state index in [4.69, 9.17) is 28.9 Å². The number of hydrogen-bond acceptors (Lipinski definition) is 2. The summed E-state index contributed by atoms with van der Waals surface area (Å²) in [7, 11) is 0. The smallest absolute Gasteiger partial charge is 0.130 e. The minimum absolute atomic E-state index is 0.290. The van der Waals surface area contributed by atoms with Gasteiger partial charge in [-0.15, -0.1) is 6.58 Å². The molecule has 0 aliphatic carbocycles. The summed E-state index contributed by atoms with van der Waals surface area (Å²) in [5.74, 6) is 0. The van der Waals surface area contributed by atoms with Crippen LogP contribution in [0, 0.1) is 0 Å². The van der Waals surface area contributed by atoms with Crippen LogP contribution >= 0.6 is 23.2 Å². The summed E-state index contributed by atoms with van der Waals surface area (Å²) in [6.07, 6.45) is 3.15. The van der Waals surface area contributed by atoms with E-state index < -0.39 is 0 Å². The van der Waals surface area contributed by atoms with Crippen molar-refractivity contribution in [1.29, 1.82) is 0 Å². The SMILES string of the molecule is C=CC(N)c1cnc(Cl)cc1Cl. The van der Waals surface area contributed by atoms with E-state index >= 15 is 0 Å². The van der Waals surface area contributed by atoms with Crippen molar-refractivity contribution in [2.24, 2.45) is 5.73 Å². The summed E-state index contributed by atoms with van der Waals surface area (Å²) in [6, 6.07) is 1.27. The number of rotatable bonds is 2. The lowest BCUT2D eigenvalue weighted by Gasteiger charge is -2.07. The first-order chi connectivity index (χ1) is 5.65. The van der Waals surface area contributed by atoms with Gasteiger partial charge in [0.15, 0.2) is 0 Å². The maximum Gasteiger partial charge on any atom is 0.130 e. The Morgan fingerprint density at radius 2 is 2.25 bits per heavy atom. The molecule has 2 nitrogen and oxygen atoms in total. The second kappa shape index (κ2) is 3.90.